The summed E-state index contributed by atoms with van der Waals surface area (Å²) in [5, 5.41) is 6.60. The Morgan fingerprint density at radius 3 is 2.65 bits per heavy atom. The smallest absolute Gasteiger partial charge is 0.234 e. The van der Waals surface area contributed by atoms with Crippen molar-refractivity contribution in [2.75, 3.05) is 30.3 Å². The molecule has 0 bridgehead atoms. The van der Waals surface area contributed by atoms with Crippen molar-refractivity contribution in [1.29, 1.82) is 0 Å². The lowest BCUT2D eigenvalue weighted by Gasteiger charge is -2.08. The second-order valence-electron chi connectivity index (χ2n) is 4.25. The maximum absolute atomic E-state index is 5.31. The highest BCUT2D eigenvalue weighted by atomic mass is 16.5. The van der Waals surface area contributed by atoms with Crippen molar-refractivity contribution in [1.82, 2.24) is 9.97 Å². The molecule has 5 nitrogen and oxygen atoms in total. The normalized spacial score (nSPS) is 10.1. The van der Waals surface area contributed by atoms with Crippen LogP contribution < -0.4 is 15.4 Å². The monoisotopic (exact) mass is 272 g/mol. The fourth-order valence-electron chi connectivity index (χ4n) is 1.74. The van der Waals surface area contributed by atoms with Gasteiger partial charge in [-0.1, -0.05) is 18.2 Å². The van der Waals surface area contributed by atoms with Gasteiger partial charge in [0.25, 0.3) is 0 Å². The molecule has 0 aliphatic rings. The van der Waals surface area contributed by atoms with Gasteiger partial charge >= 0.3 is 0 Å². The fourth-order valence-corrected chi connectivity index (χ4v) is 1.74. The van der Waals surface area contributed by atoms with Crippen LogP contribution in [0.25, 0.3) is 0 Å². The van der Waals surface area contributed by atoms with Crippen LogP contribution in [0.2, 0.25) is 0 Å². The van der Waals surface area contributed by atoms with Gasteiger partial charge in [-0.15, -0.1) is 0 Å². The molecule has 1 heterocycles. The van der Waals surface area contributed by atoms with E-state index in [4.69, 9.17) is 4.74 Å². The molecule has 0 saturated carbocycles. The van der Waals surface area contributed by atoms with Gasteiger partial charge in [-0.05, 0) is 25.5 Å². The molecule has 0 radical (unpaired) electrons. The molecule has 0 aliphatic carbocycles. The highest BCUT2D eigenvalue weighted by Gasteiger charge is 1.98. The molecular formula is C15H20N4O. The number of anilines is 2. The molecule has 1 aromatic heterocycles. The number of ether oxygens (including phenoxy) is 1. The molecule has 0 aliphatic heterocycles. The Bertz CT molecular complexity index is 504. The summed E-state index contributed by atoms with van der Waals surface area (Å²) in [6, 6.07) is 10.2. The Morgan fingerprint density at radius 2 is 1.85 bits per heavy atom. The van der Waals surface area contributed by atoms with Crippen molar-refractivity contribution in [2.45, 2.75) is 13.3 Å². The van der Waals surface area contributed by atoms with Gasteiger partial charge in [0.15, 0.2) is 0 Å². The summed E-state index contributed by atoms with van der Waals surface area (Å²) in [5.41, 5.74) is 1.14. The highest BCUT2D eigenvalue weighted by molar-refractivity contribution is 5.42. The van der Waals surface area contributed by atoms with Crippen molar-refractivity contribution in [3.05, 3.63) is 42.7 Å². The van der Waals surface area contributed by atoms with E-state index in [1.54, 1.807) is 12.4 Å². The average Bonchev–Trinajstić information content (AvgIpc) is 2.49. The van der Waals surface area contributed by atoms with Crippen LogP contribution >= 0.6 is 0 Å². The second-order valence-corrected chi connectivity index (χ2v) is 4.25. The number of aromatic nitrogens is 2. The molecule has 0 fully saturated rings. The SMILES string of the molecule is CCOc1cncc(NCCCNc2ccccc2)n1. The van der Waals surface area contributed by atoms with Crippen LogP contribution in [0.5, 0.6) is 5.88 Å². The van der Waals surface area contributed by atoms with Crippen molar-refractivity contribution >= 4 is 11.5 Å². The minimum Gasteiger partial charge on any atom is -0.477 e. The summed E-state index contributed by atoms with van der Waals surface area (Å²) < 4.78 is 5.31. The quantitative estimate of drug-likeness (QED) is 0.724. The van der Waals surface area contributed by atoms with E-state index in [2.05, 4.69) is 32.7 Å². The predicted octanol–water partition coefficient (Wildman–Crippen LogP) is 2.79. The van der Waals surface area contributed by atoms with Gasteiger partial charge in [0.1, 0.15) is 5.82 Å². The molecule has 2 rings (SSSR count). The topological polar surface area (TPSA) is 59.1 Å². The van der Waals surface area contributed by atoms with E-state index in [0.29, 0.717) is 12.5 Å². The largest absolute Gasteiger partial charge is 0.477 e. The van der Waals surface area contributed by atoms with Crippen LogP contribution in [-0.4, -0.2) is 29.7 Å². The summed E-state index contributed by atoms with van der Waals surface area (Å²) in [6.45, 7) is 4.27. The van der Waals surface area contributed by atoms with Gasteiger partial charge in [-0.2, -0.15) is 4.98 Å². The number of hydrogen-bond donors (Lipinski definition) is 2. The Morgan fingerprint density at radius 1 is 1.05 bits per heavy atom. The summed E-state index contributed by atoms with van der Waals surface area (Å²) in [7, 11) is 0. The van der Waals surface area contributed by atoms with Crippen LogP contribution in [0.15, 0.2) is 42.7 Å². The fraction of sp³-hybridized carbons (Fsp3) is 0.333. The first-order chi connectivity index (χ1) is 9.88. The zero-order valence-corrected chi connectivity index (χ0v) is 11.7. The minimum atomic E-state index is 0.555. The van der Waals surface area contributed by atoms with Gasteiger partial charge in [0.05, 0.1) is 19.0 Å². The Kier molecular flexibility index (Phi) is 5.64. The van der Waals surface area contributed by atoms with E-state index < -0.39 is 0 Å². The first kappa shape index (κ1) is 14.1. The molecule has 0 amide bonds. The summed E-state index contributed by atoms with van der Waals surface area (Å²) >= 11 is 0. The molecule has 0 atom stereocenters. The zero-order chi connectivity index (χ0) is 14.0. The molecule has 20 heavy (non-hydrogen) atoms. The van der Waals surface area contributed by atoms with E-state index in [0.717, 1.165) is 31.0 Å². The maximum Gasteiger partial charge on any atom is 0.234 e. The average molecular weight is 272 g/mol. The molecule has 2 aromatic rings. The Balaban J connectivity index is 1.67. The molecule has 1 aromatic carbocycles. The Labute approximate surface area is 119 Å². The summed E-state index contributed by atoms with van der Waals surface area (Å²) in [5.74, 6) is 1.30. The third-order valence-electron chi connectivity index (χ3n) is 2.67. The standard InChI is InChI=1S/C15H20N4O/c1-2-20-15-12-16-11-14(19-15)18-10-6-9-17-13-7-4-3-5-8-13/h3-5,7-8,11-12,17H,2,6,9-10H2,1H3,(H,18,19). The Hall–Kier alpha value is -2.30. The van der Waals surface area contributed by atoms with Gasteiger partial charge in [0, 0.05) is 18.8 Å². The first-order valence-electron chi connectivity index (χ1n) is 6.86. The number of nitrogens with zero attached hydrogens (tertiary/aromatic N) is 2. The summed E-state index contributed by atoms with van der Waals surface area (Å²) in [4.78, 5) is 8.39. The van der Waals surface area contributed by atoms with Crippen LogP contribution in [0.1, 0.15) is 13.3 Å². The molecule has 2 N–H and O–H groups in total. The summed E-state index contributed by atoms with van der Waals surface area (Å²) in [6.07, 6.45) is 4.31. The van der Waals surface area contributed by atoms with Gasteiger partial charge in [0.2, 0.25) is 5.88 Å². The molecular weight excluding hydrogens is 252 g/mol. The molecule has 5 heteroatoms. The lowest BCUT2D eigenvalue weighted by molar-refractivity contribution is 0.325. The predicted molar refractivity (Wildman–Crippen MR) is 81.2 cm³/mol. The van der Waals surface area contributed by atoms with Crippen LogP contribution in [0, 0.1) is 0 Å². The van der Waals surface area contributed by atoms with E-state index in [1.165, 1.54) is 0 Å². The molecule has 106 valence electrons. The molecule has 0 spiro atoms. The van der Waals surface area contributed by atoms with E-state index in [-0.39, 0.29) is 0 Å². The third kappa shape index (κ3) is 4.76. The van der Waals surface area contributed by atoms with Crippen molar-refractivity contribution < 1.29 is 4.74 Å². The number of para-hydroxylation sites is 1. The minimum absolute atomic E-state index is 0.555. The number of rotatable bonds is 8. The third-order valence-corrected chi connectivity index (χ3v) is 2.67. The lowest BCUT2D eigenvalue weighted by atomic mass is 10.3. The zero-order valence-electron chi connectivity index (χ0n) is 11.7. The molecule has 0 unspecified atom stereocenters. The maximum atomic E-state index is 5.31. The number of benzene rings is 1. The van der Waals surface area contributed by atoms with Crippen molar-refractivity contribution in [2.24, 2.45) is 0 Å². The van der Waals surface area contributed by atoms with Gasteiger partial charge in [-0.3, -0.25) is 4.98 Å². The lowest BCUT2D eigenvalue weighted by Crippen LogP contribution is -2.10. The van der Waals surface area contributed by atoms with E-state index in [9.17, 15) is 0 Å². The van der Waals surface area contributed by atoms with Crippen LogP contribution in [0.3, 0.4) is 0 Å². The van der Waals surface area contributed by atoms with Crippen molar-refractivity contribution in [3.8, 4) is 5.88 Å². The van der Waals surface area contributed by atoms with E-state index >= 15 is 0 Å². The number of nitrogens with one attached hydrogen (secondary N) is 2. The van der Waals surface area contributed by atoms with E-state index in [1.807, 2.05) is 25.1 Å². The van der Waals surface area contributed by atoms with Crippen LogP contribution in [-0.2, 0) is 0 Å². The first-order valence-corrected chi connectivity index (χ1v) is 6.86. The van der Waals surface area contributed by atoms with Gasteiger partial charge < -0.3 is 15.4 Å². The molecule has 0 saturated heterocycles. The second kappa shape index (κ2) is 7.99. The van der Waals surface area contributed by atoms with Crippen LogP contribution in [0.4, 0.5) is 11.5 Å². The van der Waals surface area contributed by atoms with Gasteiger partial charge in [-0.25, -0.2) is 0 Å². The number of hydrogen-bond acceptors (Lipinski definition) is 5. The highest BCUT2D eigenvalue weighted by Crippen LogP contribution is 2.09. The van der Waals surface area contributed by atoms with Crippen molar-refractivity contribution in [3.63, 3.8) is 0 Å².